The van der Waals surface area contributed by atoms with Gasteiger partial charge in [-0.15, -0.1) is 0 Å². The third kappa shape index (κ3) is 2.45. The molecule has 0 spiro atoms. The fourth-order valence-electron chi connectivity index (χ4n) is 3.56. The van der Waals surface area contributed by atoms with E-state index in [-0.39, 0.29) is 29.2 Å². The normalized spacial score (nSPS) is 28.3. The van der Waals surface area contributed by atoms with Gasteiger partial charge in [-0.3, -0.25) is 9.59 Å². The van der Waals surface area contributed by atoms with Crippen molar-refractivity contribution in [3.63, 3.8) is 0 Å². The Hall–Kier alpha value is -1.06. The van der Waals surface area contributed by atoms with Crippen LogP contribution in [0.15, 0.2) is 0 Å². The number of hydrogen-bond donors (Lipinski definition) is 1. The minimum Gasteiger partial charge on any atom is -0.340 e. The molecule has 1 unspecified atom stereocenters. The van der Waals surface area contributed by atoms with E-state index in [0.717, 1.165) is 13.0 Å². The molecule has 2 aliphatic rings. The number of piperazine rings is 1. The zero-order chi connectivity index (χ0) is 15.1. The second-order valence-electron chi connectivity index (χ2n) is 7.44. The van der Waals surface area contributed by atoms with Crippen molar-refractivity contribution < 1.29 is 9.59 Å². The zero-order valence-corrected chi connectivity index (χ0v) is 13.5. The van der Waals surface area contributed by atoms with Crippen molar-refractivity contribution in [1.82, 2.24) is 10.2 Å². The summed E-state index contributed by atoms with van der Waals surface area (Å²) >= 11 is 0. The van der Waals surface area contributed by atoms with Crippen molar-refractivity contribution >= 4 is 11.8 Å². The van der Waals surface area contributed by atoms with E-state index in [2.05, 4.69) is 12.2 Å². The van der Waals surface area contributed by atoms with Crippen LogP contribution in [0.5, 0.6) is 0 Å². The summed E-state index contributed by atoms with van der Waals surface area (Å²) in [7, 11) is 0. The van der Waals surface area contributed by atoms with E-state index in [9.17, 15) is 9.59 Å². The molecule has 2 fully saturated rings. The first-order valence-corrected chi connectivity index (χ1v) is 7.85. The Bertz CT molecular complexity index is 405. The smallest absolute Gasteiger partial charge is 0.248 e. The summed E-state index contributed by atoms with van der Waals surface area (Å²) in [5.41, 5.74) is -0.530. The average Bonchev–Trinajstić information content (AvgIpc) is 2.28. The maximum atomic E-state index is 12.8. The highest BCUT2D eigenvalue weighted by Crippen LogP contribution is 2.45. The minimum atomic E-state index is -0.777. The zero-order valence-electron chi connectivity index (χ0n) is 13.5. The van der Waals surface area contributed by atoms with Crippen molar-refractivity contribution in [2.75, 3.05) is 6.54 Å². The highest BCUT2D eigenvalue weighted by atomic mass is 16.2. The van der Waals surface area contributed by atoms with E-state index in [1.807, 2.05) is 18.7 Å². The molecule has 0 aromatic rings. The lowest BCUT2D eigenvalue weighted by molar-refractivity contribution is -0.158. The third-order valence-electron chi connectivity index (χ3n) is 5.14. The van der Waals surface area contributed by atoms with Gasteiger partial charge in [0, 0.05) is 6.54 Å². The molecule has 1 aliphatic carbocycles. The van der Waals surface area contributed by atoms with Crippen molar-refractivity contribution in [3.05, 3.63) is 0 Å². The lowest BCUT2D eigenvalue weighted by Crippen LogP contribution is -2.70. The number of nitrogens with one attached hydrogen (secondary N) is 1. The summed E-state index contributed by atoms with van der Waals surface area (Å²) < 4.78 is 0. The van der Waals surface area contributed by atoms with Crippen LogP contribution in [0.2, 0.25) is 0 Å². The monoisotopic (exact) mass is 280 g/mol. The molecule has 4 nitrogen and oxygen atoms in total. The molecule has 20 heavy (non-hydrogen) atoms. The maximum Gasteiger partial charge on any atom is 0.248 e. The van der Waals surface area contributed by atoms with Gasteiger partial charge in [-0.1, -0.05) is 27.2 Å². The van der Waals surface area contributed by atoms with Gasteiger partial charge in [0.2, 0.25) is 11.8 Å². The van der Waals surface area contributed by atoms with Gasteiger partial charge in [-0.25, -0.2) is 0 Å². The third-order valence-corrected chi connectivity index (χ3v) is 5.14. The summed E-state index contributed by atoms with van der Waals surface area (Å²) in [5, 5.41) is 2.88. The minimum absolute atomic E-state index is 0.00447. The molecule has 0 aromatic heterocycles. The summed E-state index contributed by atoms with van der Waals surface area (Å²) in [6, 6.07) is -0.320. The standard InChI is InChI=1S/C16H28N2O2/c1-6-16(8-7-9-16)10-18-12(11(2)3)13(19)17-15(4,5)14(18)20/h11-12H,6-10H2,1-5H3,(H,17,19). The lowest BCUT2D eigenvalue weighted by Gasteiger charge is -2.51. The molecule has 1 atom stereocenters. The highest BCUT2D eigenvalue weighted by Gasteiger charge is 2.49. The van der Waals surface area contributed by atoms with Crippen molar-refractivity contribution in [2.24, 2.45) is 11.3 Å². The Morgan fingerprint density at radius 1 is 1.30 bits per heavy atom. The van der Waals surface area contributed by atoms with Gasteiger partial charge < -0.3 is 10.2 Å². The van der Waals surface area contributed by atoms with Crippen molar-refractivity contribution in [1.29, 1.82) is 0 Å². The average molecular weight is 280 g/mol. The van der Waals surface area contributed by atoms with Gasteiger partial charge in [0.15, 0.2) is 0 Å². The van der Waals surface area contributed by atoms with E-state index in [4.69, 9.17) is 0 Å². The van der Waals surface area contributed by atoms with Crippen LogP contribution in [0.1, 0.15) is 60.3 Å². The van der Waals surface area contributed by atoms with E-state index < -0.39 is 5.54 Å². The van der Waals surface area contributed by atoms with Crippen LogP contribution in [0.3, 0.4) is 0 Å². The Morgan fingerprint density at radius 3 is 2.30 bits per heavy atom. The molecule has 4 heteroatoms. The predicted molar refractivity (Wildman–Crippen MR) is 79.1 cm³/mol. The summed E-state index contributed by atoms with van der Waals surface area (Å²) in [6.07, 6.45) is 4.70. The van der Waals surface area contributed by atoms with Crippen LogP contribution in [0.4, 0.5) is 0 Å². The van der Waals surface area contributed by atoms with E-state index in [0.29, 0.717) is 0 Å². The largest absolute Gasteiger partial charge is 0.340 e. The van der Waals surface area contributed by atoms with Crippen LogP contribution in [-0.2, 0) is 9.59 Å². The SMILES string of the molecule is CCC1(CN2C(=O)C(C)(C)NC(=O)C2C(C)C)CCC1. The molecule has 1 saturated carbocycles. The van der Waals surface area contributed by atoms with E-state index >= 15 is 0 Å². The maximum absolute atomic E-state index is 12.8. The first-order chi connectivity index (χ1) is 9.22. The quantitative estimate of drug-likeness (QED) is 0.859. The van der Waals surface area contributed by atoms with Gasteiger partial charge in [0.1, 0.15) is 11.6 Å². The number of amides is 2. The second-order valence-corrected chi connectivity index (χ2v) is 7.44. The highest BCUT2D eigenvalue weighted by molar-refractivity contribution is 5.99. The predicted octanol–water partition coefficient (Wildman–Crippen LogP) is 2.33. The number of carbonyl (C=O) groups is 2. The number of hydrogen-bond acceptors (Lipinski definition) is 2. The fourth-order valence-corrected chi connectivity index (χ4v) is 3.56. The van der Waals surface area contributed by atoms with Gasteiger partial charge in [-0.05, 0) is 44.4 Å². The number of nitrogens with zero attached hydrogens (tertiary/aromatic N) is 1. The Labute approximate surface area is 122 Å². The summed E-state index contributed by atoms with van der Waals surface area (Å²) in [6.45, 7) is 10.6. The van der Waals surface area contributed by atoms with Crippen LogP contribution in [0, 0.1) is 11.3 Å². The Morgan fingerprint density at radius 2 is 1.90 bits per heavy atom. The van der Waals surface area contributed by atoms with Gasteiger partial charge in [-0.2, -0.15) is 0 Å². The molecular weight excluding hydrogens is 252 g/mol. The topological polar surface area (TPSA) is 49.4 Å². The molecule has 0 bridgehead atoms. The molecule has 0 radical (unpaired) electrons. The molecule has 1 heterocycles. The van der Waals surface area contributed by atoms with E-state index in [1.165, 1.54) is 19.3 Å². The van der Waals surface area contributed by atoms with Gasteiger partial charge in [0.25, 0.3) is 0 Å². The summed E-state index contributed by atoms with van der Waals surface area (Å²) in [4.78, 5) is 27.0. The molecule has 1 N–H and O–H groups in total. The first-order valence-electron chi connectivity index (χ1n) is 7.85. The van der Waals surface area contributed by atoms with Crippen LogP contribution < -0.4 is 5.32 Å². The lowest BCUT2D eigenvalue weighted by atomic mass is 9.66. The second kappa shape index (κ2) is 5.05. The van der Waals surface area contributed by atoms with Gasteiger partial charge >= 0.3 is 0 Å². The number of carbonyl (C=O) groups excluding carboxylic acids is 2. The van der Waals surface area contributed by atoms with Gasteiger partial charge in [0.05, 0.1) is 0 Å². The van der Waals surface area contributed by atoms with Crippen LogP contribution in [0.25, 0.3) is 0 Å². The van der Waals surface area contributed by atoms with Crippen LogP contribution in [-0.4, -0.2) is 34.8 Å². The molecular formula is C16H28N2O2. The Kier molecular flexibility index (Phi) is 3.87. The molecule has 1 aliphatic heterocycles. The Balaban J connectivity index is 2.28. The van der Waals surface area contributed by atoms with E-state index in [1.54, 1.807) is 13.8 Å². The van der Waals surface area contributed by atoms with Crippen molar-refractivity contribution in [2.45, 2.75) is 71.9 Å². The molecule has 2 rings (SSSR count). The van der Waals surface area contributed by atoms with Crippen molar-refractivity contribution in [3.8, 4) is 0 Å². The molecule has 2 amide bonds. The molecule has 114 valence electrons. The fraction of sp³-hybridized carbons (Fsp3) is 0.875. The number of rotatable bonds is 4. The molecule has 0 aromatic carbocycles. The molecule has 1 saturated heterocycles. The van der Waals surface area contributed by atoms with Crippen LogP contribution >= 0.6 is 0 Å². The first kappa shape index (κ1) is 15.3. The summed E-state index contributed by atoms with van der Waals surface area (Å²) in [5.74, 6) is 0.203.